The van der Waals surface area contributed by atoms with Gasteiger partial charge in [-0.05, 0) is 42.3 Å². The summed E-state index contributed by atoms with van der Waals surface area (Å²) in [5.74, 6) is 0.734. The maximum atomic E-state index is 11.8. The topological polar surface area (TPSA) is 75.0 Å². The van der Waals surface area contributed by atoms with Crippen molar-refractivity contribution in [1.82, 2.24) is 4.98 Å². The Balaban J connectivity index is 1.58. The van der Waals surface area contributed by atoms with Gasteiger partial charge in [0, 0.05) is 30.1 Å². The normalized spacial score (nSPS) is 30.2. The molecular formula is C21H21N3O3. The zero-order valence-electron chi connectivity index (χ0n) is 15.3. The standard InChI is InChI=1S/C21H21N3O3/c1-24-18-15(4-3-7-22-18)21(20(24)26)10-14-9-13-8-12(19(25)27-2)5-6-16(13)23-17(14)11-21/h3-9,14,17,20,26H,10-11H2,1-2H3. The van der Waals surface area contributed by atoms with E-state index in [2.05, 4.69) is 17.1 Å². The van der Waals surface area contributed by atoms with Crippen molar-refractivity contribution in [2.45, 2.75) is 30.5 Å². The van der Waals surface area contributed by atoms with E-state index in [0.29, 0.717) is 5.56 Å². The maximum absolute atomic E-state index is 11.8. The number of anilines is 1. The van der Waals surface area contributed by atoms with Crippen LogP contribution in [0.15, 0.2) is 41.5 Å². The lowest BCUT2D eigenvalue weighted by Gasteiger charge is -2.30. The second-order valence-electron chi connectivity index (χ2n) is 7.72. The molecule has 1 aromatic carbocycles. The van der Waals surface area contributed by atoms with E-state index in [9.17, 15) is 9.90 Å². The van der Waals surface area contributed by atoms with Crippen molar-refractivity contribution in [3.8, 4) is 0 Å². The molecule has 3 aliphatic rings. The summed E-state index contributed by atoms with van der Waals surface area (Å²) in [7, 11) is 3.28. The number of nitrogens with zero attached hydrogens (tertiary/aromatic N) is 3. The van der Waals surface area contributed by atoms with Crippen molar-refractivity contribution in [3.63, 3.8) is 0 Å². The number of likely N-dealkylation sites (N-methyl/N-ethyl adjacent to an activating group) is 1. The highest BCUT2D eigenvalue weighted by Gasteiger charge is 2.56. The van der Waals surface area contributed by atoms with Gasteiger partial charge in [0.15, 0.2) is 0 Å². The van der Waals surface area contributed by atoms with E-state index in [1.54, 1.807) is 12.3 Å². The summed E-state index contributed by atoms with van der Waals surface area (Å²) in [6, 6.07) is 9.62. The summed E-state index contributed by atoms with van der Waals surface area (Å²) in [5, 5.41) is 12.9. The summed E-state index contributed by atoms with van der Waals surface area (Å²) >= 11 is 0. The summed E-state index contributed by atoms with van der Waals surface area (Å²) in [4.78, 5) is 23.1. The van der Waals surface area contributed by atoms with Crippen molar-refractivity contribution in [3.05, 3.63) is 58.2 Å². The zero-order valence-corrected chi connectivity index (χ0v) is 15.3. The molecule has 1 N–H and O–H groups in total. The number of hydrogen-bond donors (Lipinski definition) is 1. The molecule has 1 aliphatic carbocycles. The molecule has 4 unspecified atom stereocenters. The Kier molecular flexibility index (Phi) is 3.43. The molecule has 3 heterocycles. The van der Waals surface area contributed by atoms with Crippen molar-refractivity contribution in [2.24, 2.45) is 10.9 Å². The minimum absolute atomic E-state index is 0.121. The predicted octanol–water partition coefficient (Wildman–Crippen LogP) is 0.767. The molecule has 27 heavy (non-hydrogen) atoms. The number of fused-ring (bicyclic) bond motifs is 4. The Bertz CT molecular complexity index is 1070. The third-order valence-corrected chi connectivity index (χ3v) is 6.33. The third kappa shape index (κ3) is 2.19. The van der Waals surface area contributed by atoms with Crippen LogP contribution in [0.3, 0.4) is 0 Å². The van der Waals surface area contributed by atoms with E-state index in [-0.39, 0.29) is 23.3 Å². The van der Waals surface area contributed by atoms with E-state index in [4.69, 9.17) is 9.73 Å². The van der Waals surface area contributed by atoms with Crippen LogP contribution in [-0.2, 0) is 10.2 Å². The number of carbonyl (C=O) groups is 1. The molecule has 1 saturated carbocycles. The van der Waals surface area contributed by atoms with E-state index in [1.807, 2.05) is 30.1 Å². The number of rotatable bonds is 1. The quantitative estimate of drug-likeness (QED) is 0.758. The van der Waals surface area contributed by atoms with Gasteiger partial charge in [-0.15, -0.1) is 0 Å². The molecule has 1 aromatic heterocycles. The van der Waals surface area contributed by atoms with Gasteiger partial charge in [0.25, 0.3) is 0 Å². The minimum atomic E-state index is -0.606. The minimum Gasteiger partial charge on any atom is -0.465 e. The number of hydrogen-bond acceptors (Lipinski definition) is 6. The van der Waals surface area contributed by atoms with Crippen LogP contribution >= 0.6 is 0 Å². The first-order chi connectivity index (χ1) is 13.0. The molecule has 1 spiro atoms. The van der Waals surface area contributed by atoms with Crippen LogP contribution in [0.2, 0.25) is 0 Å². The Hall–Kier alpha value is -2.73. The molecule has 138 valence electrons. The number of ether oxygens (including phenoxy) is 1. The fourth-order valence-electron chi connectivity index (χ4n) is 5.06. The molecular weight excluding hydrogens is 342 g/mol. The van der Waals surface area contributed by atoms with Gasteiger partial charge in [-0.25, -0.2) is 9.78 Å². The van der Waals surface area contributed by atoms with Gasteiger partial charge in [-0.2, -0.15) is 0 Å². The molecule has 0 amide bonds. The maximum Gasteiger partial charge on any atom is 0.337 e. The molecule has 0 saturated heterocycles. The van der Waals surface area contributed by atoms with Crippen molar-refractivity contribution >= 4 is 17.9 Å². The summed E-state index contributed by atoms with van der Waals surface area (Å²) < 4.78 is 4.83. The number of carbonyl (C=O) groups excluding carboxylic acids is 1. The third-order valence-electron chi connectivity index (χ3n) is 6.33. The van der Waals surface area contributed by atoms with Crippen LogP contribution < -0.4 is 15.5 Å². The summed E-state index contributed by atoms with van der Waals surface area (Å²) in [5.41, 5.74) is 1.28. The van der Waals surface area contributed by atoms with Gasteiger partial charge >= 0.3 is 5.97 Å². The molecule has 2 aromatic rings. The number of aliphatic hydroxyl groups is 1. The second kappa shape index (κ2) is 5.63. The number of aromatic nitrogens is 1. The molecule has 6 heteroatoms. The highest BCUT2D eigenvalue weighted by molar-refractivity contribution is 5.89. The number of pyridine rings is 1. The summed E-state index contributed by atoms with van der Waals surface area (Å²) in [6.45, 7) is 0. The molecule has 0 bridgehead atoms. The molecule has 0 radical (unpaired) electrons. The number of benzene rings is 1. The van der Waals surface area contributed by atoms with E-state index < -0.39 is 6.23 Å². The van der Waals surface area contributed by atoms with E-state index >= 15 is 0 Å². The van der Waals surface area contributed by atoms with Crippen LogP contribution in [0.25, 0.3) is 6.08 Å². The number of esters is 1. The number of methoxy groups -OCH3 is 1. The van der Waals surface area contributed by atoms with Gasteiger partial charge in [-0.1, -0.05) is 12.1 Å². The van der Waals surface area contributed by atoms with E-state index in [0.717, 1.165) is 34.8 Å². The average molecular weight is 363 g/mol. The van der Waals surface area contributed by atoms with Crippen LogP contribution in [0.1, 0.15) is 28.8 Å². The van der Waals surface area contributed by atoms with E-state index in [1.165, 1.54) is 7.11 Å². The highest BCUT2D eigenvalue weighted by Crippen LogP contribution is 2.55. The SMILES string of the molecule is COC(=O)c1ccc2c(c1)=CC1CC3(CC1N=2)c1cccnc1N(C)C3O. The van der Waals surface area contributed by atoms with Crippen molar-refractivity contribution in [2.75, 3.05) is 19.1 Å². The Morgan fingerprint density at radius 3 is 3.00 bits per heavy atom. The molecule has 4 atom stereocenters. The fraction of sp³-hybridized carbons (Fsp3) is 0.381. The Morgan fingerprint density at radius 2 is 2.19 bits per heavy atom. The van der Waals surface area contributed by atoms with Gasteiger partial charge in [0.1, 0.15) is 12.0 Å². The van der Waals surface area contributed by atoms with Crippen molar-refractivity contribution in [1.29, 1.82) is 0 Å². The highest BCUT2D eigenvalue weighted by atomic mass is 16.5. The van der Waals surface area contributed by atoms with Crippen LogP contribution in [0, 0.1) is 5.92 Å². The van der Waals surface area contributed by atoms with Gasteiger partial charge in [0.05, 0.1) is 24.1 Å². The molecule has 5 rings (SSSR count). The first-order valence-electron chi connectivity index (χ1n) is 9.18. The monoisotopic (exact) mass is 363 g/mol. The average Bonchev–Trinajstić information content (AvgIpc) is 3.17. The predicted molar refractivity (Wildman–Crippen MR) is 99.9 cm³/mol. The van der Waals surface area contributed by atoms with Gasteiger partial charge < -0.3 is 14.7 Å². The Labute approximate surface area is 156 Å². The number of aliphatic hydroxyl groups excluding tert-OH is 1. The van der Waals surface area contributed by atoms with Crippen LogP contribution in [-0.4, -0.2) is 42.5 Å². The first kappa shape index (κ1) is 16.4. The van der Waals surface area contributed by atoms with Crippen LogP contribution in [0.4, 0.5) is 5.82 Å². The molecule has 2 aliphatic heterocycles. The lowest BCUT2D eigenvalue weighted by atomic mass is 9.79. The fourth-order valence-corrected chi connectivity index (χ4v) is 5.06. The largest absolute Gasteiger partial charge is 0.465 e. The smallest absolute Gasteiger partial charge is 0.337 e. The lowest BCUT2D eigenvalue weighted by molar-refractivity contribution is 0.0600. The first-order valence-corrected chi connectivity index (χ1v) is 9.18. The Morgan fingerprint density at radius 1 is 1.33 bits per heavy atom. The van der Waals surface area contributed by atoms with Crippen molar-refractivity contribution < 1.29 is 14.6 Å². The molecule has 6 nitrogen and oxygen atoms in total. The molecule has 1 fully saturated rings. The van der Waals surface area contributed by atoms with Gasteiger partial charge in [-0.3, -0.25) is 4.99 Å². The second-order valence-corrected chi connectivity index (χ2v) is 7.72. The lowest BCUT2D eigenvalue weighted by Crippen LogP contribution is -2.42. The zero-order chi connectivity index (χ0) is 18.8. The van der Waals surface area contributed by atoms with Crippen LogP contribution in [0.5, 0.6) is 0 Å². The summed E-state index contributed by atoms with van der Waals surface area (Å²) in [6.07, 6.45) is 4.97. The van der Waals surface area contributed by atoms with Gasteiger partial charge in [0.2, 0.25) is 0 Å².